The van der Waals surface area contributed by atoms with Gasteiger partial charge in [0.2, 0.25) is 0 Å². The summed E-state index contributed by atoms with van der Waals surface area (Å²) in [6.07, 6.45) is 3.30. The highest BCUT2D eigenvalue weighted by Gasteiger charge is 2.13. The van der Waals surface area contributed by atoms with Crippen molar-refractivity contribution in [3.8, 4) is 5.75 Å². The molecule has 1 aliphatic heterocycles. The third-order valence-corrected chi connectivity index (χ3v) is 3.12. The van der Waals surface area contributed by atoms with Gasteiger partial charge in [0.05, 0.1) is 26.0 Å². The predicted molar refractivity (Wildman–Crippen MR) is 85.1 cm³/mol. The van der Waals surface area contributed by atoms with E-state index in [2.05, 4.69) is 17.1 Å². The Morgan fingerprint density at radius 2 is 2.09 bits per heavy atom. The lowest BCUT2D eigenvalue weighted by molar-refractivity contribution is -0.123. The molecule has 6 heteroatoms. The number of hydrogen-bond donors (Lipinski definition) is 1. The van der Waals surface area contributed by atoms with Crippen molar-refractivity contribution in [3.05, 3.63) is 42.5 Å². The van der Waals surface area contributed by atoms with Crippen molar-refractivity contribution in [2.45, 2.75) is 0 Å². The number of hydrogen-bond acceptors (Lipinski definition) is 5. The molecule has 0 aliphatic carbocycles. The Hall–Kier alpha value is -2.18. The number of amides is 1. The number of rotatable bonds is 7. The molecule has 1 N–H and O–H groups in total. The van der Waals surface area contributed by atoms with Gasteiger partial charge in [0.15, 0.2) is 0 Å². The van der Waals surface area contributed by atoms with Gasteiger partial charge in [-0.1, -0.05) is 12.7 Å². The molecular weight excluding hydrogens is 282 g/mol. The first kappa shape index (κ1) is 16.2. The summed E-state index contributed by atoms with van der Waals surface area (Å²) in [4.78, 5) is 13.8. The van der Waals surface area contributed by atoms with Crippen LogP contribution in [0.3, 0.4) is 0 Å². The van der Waals surface area contributed by atoms with E-state index < -0.39 is 0 Å². The summed E-state index contributed by atoms with van der Waals surface area (Å²) in [6, 6.07) is 7.44. The molecule has 1 aromatic rings. The molecule has 6 nitrogen and oxygen atoms in total. The van der Waals surface area contributed by atoms with Gasteiger partial charge < -0.3 is 9.47 Å². The van der Waals surface area contributed by atoms with Crippen LogP contribution in [-0.2, 0) is 9.53 Å². The third kappa shape index (κ3) is 5.67. The molecule has 1 aromatic carbocycles. The zero-order chi connectivity index (χ0) is 15.6. The summed E-state index contributed by atoms with van der Waals surface area (Å²) in [5.41, 5.74) is 3.42. The second-order valence-electron chi connectivity index (χ2n) is 4.85. The smallest absolute Gasteiger partial charge is 0.254 e. The van der Waals surface area contributed by atoms with Gasteiger partial charge in [-0.15, -0.1) is 0 Å². The van der Waals surface area contributed by atoms with Crippen LogP contribution in [0.2, 0.25) is 0 Å². The average Bonchev–Trinajstić information content (AvgIpc) is 2.55. The van der Waals surface area contributed by atoms with Crippen molar-refractivity contribution in [1.29, 1.82) is 0 Å². The first-order valence-electron chi connectivity index (χ1n) is 7.23. The lowest BCUT2D eigenvalue weighted by Gasteiger charge is -2.25. The van der Waals surface area contributed by atoms with Crippen LogP contribution >= 0.6 is 0 Å². The minimum absolute atomic E-state index is 0.121. The number of nitrogens with one attached hydrogen (secondary N) is 1. The standard InChI is InChI=1S/C16H21N3O3/c1-2-9-22-15-5-3-14(4-6-15)12-17-18-16(20)13-19-7-10-21-11-8-19/h2-6,12H,1,7-11,13H2,(H,18,20)/b17-12+. The van der Waals surface area contributed by atoms with E-state index in [0.29, 0.717) is 26.4 Å². The molecule has 0 aromatic heterocycles. The first-order chi connectivity index (χ1) is 10.8. The van der Waals surface area contributed by atoms with Gasteiger partial charge in [0.25, 0.3) is 5.91 Å². The Balaban J connectivity index is 1.74. The molecule has 1 saturated heterocycles. The Labute approximate surface area is 130 Å². The van der Waals surface area contributed by atoms with Gasteiger partial charge in [0.1, 0.15) is 12.4 Å². The second-order valence-corrected chi connectivity index (χ2v) is 4.85. The van der Waals surface area contributed by atoms with Crippen molar-refractivity contribution in [2.24, 2.45) is 5.10 Å². The Morgan fingerprint density at radius 1 is 1.36 bits per heavy atom. The summed E-state index contributed by atoms with van der Waals surface area (Å²) in [7, 11) is 0. The van der Waals surface area contributed by atoms with E-state index in [1.807, 2.05) is 29.2 Å². The number of morpholine rings is 1. The fraction of sp³-hybridized carbons (Fsp3) is 0.375. The molecule has 1 amide bonds. The molecule has 0 bridgehead atoms. The van der Waals surface area contributed by atoms with Crippen LogP contribution in [0.4, 0.5) is 0 Å². The zero-order valence-electron chi connectivity index (χ0n) is 12.5. The number of benzene rings is 1. The van der Waals surface area contributed by atoms with E-state index in [4.69, 9.17) is 9.47 Å². The van der Waals surface area contributed by atoms with E-state index in [1.165, 1.54) is 0 Å². The van der Waals surface area contributed by atoms with Crippen molar-refractivity contribution in [2.75, 3.05) is 39.5 Å². The highest BCUT2D eigenvalue weighted by Crippen LogP contribution is 2.10. The van der Waals surface area contributed by atoms with E-state index in [9.17, 15) is 4.79 Å². The maximum absolute atomic E-state index is 11.7. The van der Waals surface area contributed by atoms with Gasteiger partial charge in [-0.05, 0) is 29.8 Å². The fourth-order valence-corrected chi connectivity index (χ4v) is 1.98. The van der Waals surface area contributed by atoms with Crippen LogP contribution in [0.1, 0.15) is 5.56 Å². The minimum Gasteiger partial charge on any atom is -0.490 e. The predicted octanol–water partition coefficient (Wildman–Crippen LogP) is 1.03. The Kier molecular flexibility index (Phi) is 6.60. The normalized spacial score (nSPS) is 15.6. The maximum Gasteiger partial charge on any atom is 0.254 e. The number of nitrogens with zero attached hydrogens (tertiary/aromatic N) is 2. The maximum atomic E-state index is 11.7. The first-order valence-corrected chi connectivity index (χ1v) is 7.23. The number of hydrazone groups is 1. The van der Waals surface area contributed by atoms with Gasteiger partial charge in [0, 0.05) is 13.1 Å². The van der Waals surface area contributed by atoms with Gasteiger partial charge in [-0.25, -0.2) is 5.43 Å². The molecular formula is C16H21N3O3. The molecule has 22 heavy (non-hydrogen) atoms. The minimum atomic E-state index is -0.121. The zero-order valence-corrected chi connectivity index (χ0v) is 12.5. The van der Waals surface area contributed by atoms with Crippen molar-refractivity contribution >= 4 is 12.1 Å². The number of carbonyl (C=O) groups is 1. The molecule has 1 aliphatic rings. The molecule has 118 valence electrons. The summed E-state index contributed by atoms with van der Waals surface area (Å²) in [6.45, 7) is 7.33. The van der Waals surface area contributed by atoms with E-state index >= 15 is 0 Å². The largest absolute Gasteiger partial charge is 0.490 e. The molecule has 1 fully saturated rings. The van der Waals surface area contributed by atoms with Crippen LogP contribution in [-0.4, -0.2) is 56.5 Å². The summed E-state index contributed by atoms with van der Waals surface area (Å²) >= 11 is 0. The number of ether oxygens (including phenoxy) is 2. The molecule has 0 unspecified atom stereocenters. The molecule has 0 radical (unpaired) electrons. The Bertz CT molecular complexity index is 508. The van der Waals surface area contributed by atoms with Crippen molar-refractivity contribution < 1.29 is 14.3 Å². The quantitative estimate of drug-likeness (QED) is 0.464. The topological polar surface area (TPSA) is 63.2 Å². The molecule has 1 heterocycles. The van der Waals surface area contributed by atoms with E-state index in [1.54, 1.807) is 12.3 Å². The average molecular weight is 303 g/mol. The fourth-order valence-electron chi connectivity index (χ4n) is 1.98. The highest BCUT2D eigenvalue weighted by molar-refractivity contribution is 5.83. The van der Waals surface area contributed by atoms with Crippen LogP contribution in [0, 0.1) is 0 Å². The molecule has 0 atom stereocenters. The van der Waals surface area contributed by atoms with Crippen molar-refractivity contribution in [1.82, 2.24) is 10.3 Å². The Morgan fingerprint density at radius 3 is 2.77 bits per heavy atom. The summed E-state index contributed by atoms with van der Waals surface area (Å²) in [5.74, 6) is 0.650. The van der Waals surface area contributed by atoms with Crippen LogP contribution in [0.5, 0.6) is 5.75 Å². The highest BCUT2D eigenvalue weighted by atomic mass is 16.5. The van der Waals surface area contributed by atoms with Crippen LogP contribution in [0.15, 0.2) is 42.0 Å². The van der Waals surface area contributed by atoms with Crippen LogP contribution < -0.4 is 10.2 Å². The van der Waals surface area contributed by atoms with E-state index in [-0.39, 0.29) is 5.91 Å². The molecule has 2 rings (SSSR count). The van der Waals surface area contributed by atoms with Gasteiger partial charge >= 0.3 is 0 Å². The van der Waals surface area contributed by atoms with Gasteiger partial charge in [-0.2, -0.15) is 5.10 Å². The number of carbonyl (C=O) groups excluding carboxylic acids is 1. The lowest BCUT2D eigenvalue weighted by Crippen LogP contribution is -2.42. The van der Waals surface area contributed by atoms with Crippen LogP contribution in [0.25, 0.3) is 0 Å². The molecule has 0 spiro atoms. The molecule has 0 saturated carbocycles. The van der Waals surface area contributed by atoms with Gasteiger partial charge in [-0.3, -0.25) is 9.69 Å². The third-order valence-electron chi connectivity index (χ3n) is 3.12. The monoisotopic (exact) mass is 303 g/mol. The SMILES string of the molecule is C=CCOc1ccc(/C=N/NC(=O)CN2CCOCC2)cc1. The van der Waals surface area contributed by atoms with Crippen molar-refractivity contribution in [3.63, 3.8) is 0 Å². The second kappa shape index (κ2) is 8.96. The summed E-state index contributed by atoms with van der Waals surface area (Å²) < 4.78 is 10.6. The summed E-state index contributed by atoms with van der Waals surface area (Å²) in [5, 5.41) is 3.96. The van der Waals surface area contributed by atoms with E-state index in [0.717, 1.165) is 24.4 Å². The lowest BCUT2D eigenvalue weighted by atomic mass is 10.2.